The van der Waals surface area contributed by atoms with Crippen LogP contribution in [-0.4, -0.2) is 35.0 Å². The molecule has 2 fully saturated rings. The Morgan fingerprint density at radius 2 is 2.00 bits per heavy atom. The number of aryl methyl sites for hydroxylation is 1. The largest absolute Gasteiger partial charge is 0.360 e. The number of halogens is 1. The van der Waals surface area contributed by atoms with E-state index in [9.17, 15) is 9.59 Å². The SMILES string of the molecule is Cc1ccc(CNC(=O)[C@@H]2C3C=CC4(CN(Cc5ccccc5Cl)C(=O)[C@H]24)O3)cc1. The van der Waals surface area contributed by atoms with Crippen molar-refractivity contribution in [3.63, 3.8) is 0 Å². The van der Waals surface area contributed by atoms with E-state index in [2.05, 4.69) is 5.32 Å². The molecule has 3 aliphatic rings. The van der Waals surface area contributed by atoms with Gasteiger partial charge in [0.05, 0.1) is 24.5 Å². The molecule has 2 aromatic carbocycles. The first kappa shape index (κ1) is 19.3. The van der Waals surface area contributed by atoms with Gasteiger partial charge in [-0.2, -0.15) is 0 Å². The van der Waals surface area contributed by atoms with Gasteiger partial charge in [0.25, 0.3) is 0 Å². The van der Waals surface area contributed by atoms with Crippen LogP contribution in [0.2, 0.25) is 5.02 Å². The third kappa shape index (κ3) is 3.13. The van der Waals surface area contributed by atoms with Gasteiger partial charge in [0, 0.05) is 18.1 Å². The Kier molecular flexibility index (Phi) is 4.68. The number of carbonyl (C=O) groups excluding carboxylic acids is 2. The maximum atomic E-state index is 13.3. The molecule has 30 heavy (non-hydrogen) atoms. The summed E-state index contributed by atoms with van der Waals surface area (Å²) in [5.41, 5.74) is 2.38. The number of rotatable bonds is 5. The second-order valence-electron chi connectivity index (χ2n) is 8.39. The summed E-state index contributed by atoms with van der Waals surface area (Å²) < 4.78 is 6.19. The van der Waals surface area contributed by atoms with Gasteiger partial charge in [-0.1, -0.05) is 71.8 Å². The number of amides is 2. The van der Waals surface area contributed by atoms with E-state index in [1.807, 2.05) is 67.6 Å². The summed E-state index contributed by atoms with van der Waals surface area (Å²) in [6.07, 6.45) is 3.55. The first-order valence-electron chi connectivity index (χ1n) is 10.2. The van der Waals surface area contributed by atoms with E-state index < -0.39 is 17.4 Å². The van der Waals surface area contributed by atoms with Gasteiger partial charge in [-0.15, -0.1) is 0 Å². The van der Waals surface area contributed by atoms with Crippen LogP contribution in [0.1, 0.15) is 16.7 Å². The van der Waals surface area contributed by atoms with Crippen molar-refractivity contribution in [3.05, 3.63) is 82.4 Å². The lowest BCUT2D eigenvalue weighted by atomic mass is 9.77. The Balaban J connectivity index is 1.32. The standard InChI is InChI=1S/C24H23ClN2O3/c1-15-6-8-16(9-7-15)12-26-22(28)20-19-10-11-24(30-19)14-27(23(29)21(20)24)13-17-4-2-3-5-18(17)25/h2-11,19-21H,12-14H2,1H3,(H,26,28)/t19?,20-,21+,24?/m1/s1. The number of carbonyl (C=O) groups is 2. The highest BCUT2D eigenvalue weighted by Gasteiger charge is 2.66. The molecule has 1 spiro atoms. The molecule has 2 bridgehead atoms. The number of hydrogen-bond acceptors (Lipinski definition) is 3. The number of nitrogens with zero attached hydrogens (tertiary/aromatic N) is 1. The lowest BCUT2D eigenvalue weighted by Crippen LogP contribution is -2.43. The highest BCUT2D eigenvalue weighted by atomic mass is 35.5. The first-order chi connectivity index (χ1) is 14.5. The Hall–Kier alpha value is -2.63. The number of likely N-dealkylation sites (tertiary alicyclic amines) is 1. The monoisotopic (exact) mass is 422 g/mol. The molecule has 2 aromatic rings. The topological polar surface area (TPSA) is 58.6 Å². The molecular formula is C24H23ClN2O3. The van der Waals surface area contributed by atoms with Gasteiger partial charge in [0.2, 0.25) is 11.8 Å². The van der Waals surface area contributed by atoms with Gasteiger partial charge in [-0.25, -0.2) is 0 Å². The van der Waals surface area contributed by atoms with E-state index in [1.165, 1.54) is 5.56 Å². The normalized spacial score (nSPS) is 28.8. The average molecular weight is 423 g/mol. The van der Waals surface area contributed by atoms with Crippen LogP contribution >= 0.6 is 11.6 Å². The highest BCUT2D eigenvalue weighted by molar-refractivity contribution is 6.31. The maximum Gasteiger partial charge on any atom is 0.230 e. The molecule has 0 aliphatic carbocycles. The van der Waals surface area contributed by atoms with Crippen LogP contribution in [0.25, 0.3) is 0 Å². The van der Waals surface area contributed by atoms with Crippen molar-refractivity contribution in [1.29, 1.82) is 0 Å². The second kappa shape index (κ2) is 7.25. The molecule has 0 aromatic heterocycles. The van der Waals surface area contributed by atoms with Crippen molar-refractivity contribution in [2.75, 3.05) is 6.54 Å². The summed E-state index contributed by atoms with van der Waals surface area (Å²) in [5, 5.41) is 3.64. The van der Waals surface area contributed by atoms with Crippen molar-refractivity contribution in [3.8, 4) is 0 Å². The van der Waals surface area contributed by atoms with Crippen LogP contribution in [0.4, 0.5) is 0 Å². The molecule has 154 valence electrons. The lowest BCUT2D eigenvalue weighted by molar-refractivity contribution is -0.137. The molecule has 2 unspecified atom stereocenters. The summed E-state index contributed by atoms with van der Waals surface area (Å²) in [5.74, 6) is -1.18. The second-order valence-corrected chi connectivity index (χ2v) is 8.80. The van der Waals surface area contributed by atoms with Gasteiger partial charge >= 0.3 is 0 Å². The van der Waals surface area contributed by atoms with E-state index in [0.717, 1.165) is 11.1 Å². The molecule has 4 atom stereocenters. The van der Waals surface area contributed by atoms with E-state index in [4.69, 9.17) is 16.3 Å². The zero-order valence-electron chi connectivity index (χ0n) is 16.7. The summed E-state index contributed by atoms with van der Waals surface area (Å²) in [6, 6.07) is 15.6. The van der Waals surface area contributed by atoms with Gasteiger partial charge in [0.15, 0.2) is 0 Å². The Bertz CT molecular complexity index is 1040. The molecule has 2 saturated heterocycles. The minimum absolute atomic E-state index is 0.0442. The zero-order chi connectivity index (χ0) is 20.9. The summed E-state index contributed by atoms with van der Waals surface area (Å²) in [6.45, 7) is 3.32. The van der Waals surface area contributed by atoms with Crippen LogP contribution in [-0.2, 0) is 27.4 Å². The highest BCUT2D eigenvalue weighted by Crippen LogP contribution is 2.52. The lowest BCUT2D eigenvalue weighted by Gasteiger charge is -2.23. The summed E-state index contributed by atoms with van der Waals surface area (Å²) >= 11 is 6.29. The van der Waals surface area contributed by atoms with Crippen molar-refractivity contribution < 1.29 is 14.3 Å². The number of hydrogen-bond donors (Lipinski definition) is 1. The molecule has 0 radical (unpaired) electrons. The number of fused-ring (bicyclic) bond motifs is 1. The van der Waals surface area contributed by atoms with Gasteiger partial charge in [0.1, 0.15) is 5.60 Å². The predicted octanol–water partition coefficient (Wildman–Crippen LogP) is 3.25. The van der Waals surface area contributed by atoms with E-state index in [-0.39, 0.29) is 17.9 Å². The van der Waals surface area contributed by atoms with Gasteiger partial charge in [-0.05, 0) is 24.1 Å². The Morgan fingerprint density at radius 1 is 1.23 bits per heavy atom. The third-order valence-corrected chi connectivity index (χ3v) is 6.76. The van der Waals surface area contributed by atoms with Crippen molar-refractivity contribution in [1.82, 2.24) is 10.2 Å². The summed E-state index contributed by atoms with van der Waals surface area (Å²) in [4.78, 5) is 28.1. The zero-order valence-corrected chi connectivity index (χ0v) is 17.4. The van der Waals surface area contributed by atoms with Crippen LogP contribution in [0, 0.1) is 18.8 Å². The molecule has 6 heteroatoms. The molecule has 0 saturated carbocycles. The number of benzene rings is 2. The molecule has 2 amide bonds. The minimum atomic E-state index is -0.713. The van der Waals surface area contributed by atoms with Crippen LogP contribution < -0.4 is 5.32 Å². The fraction of sp³-hybridized carbons (Fsp3) is 0.333. The molecule has 3 heterocycles. The van der Waals surface area contributed by atoms with Crippen molar-refractivity contribution in [2.45, 2.75) is 31.7 Å². The predicted molar refractivity (Wildman–Crippen MR) is 114 cm³/mol. The minimum Gasteiger partial charge on any atom is -0.360 e. The van der Waals surface area contributed by atoms with Crippen LogP contribution in [0.3, 0.4) is 0 Å². The molecule has 1 N–H and O–H groups in total. The number of nitrogens with one attached hydrogen (secondary N) is 1. The van der Waals surface area contributed by atoms with Gasteiger partial charge < -0.3 is 15.0 Å². The molecule has 5 nitrogen and oxygen atoms in total. The van der Waals surface area contributed by atoms with Gasteiger partial charge in [-0.3, -0.25) is 9.59 Å². The fourth-order valence-corrected chi connectivity index (χ4v) is 5.05. The summed E-state index contributed by atoms with van der Waals surface area (Å²) in [7, 11) is 0. The Morgan fingerprint density at radius 3 is 2.77 bits per heavy atom. The molecule has 5 rings (SSSR count). The third-order valence-electron chi connectivity index (χ3n) is 6.39. The van der Waals surface area contributed by atoms with Crippen LogP contribution in [0.5, 0.6) is 0 Å². The molecular weight excluding hydrogens is 400 g/mol. The van der Waals surface area contributed by atoms with E-state index in [0.29, 0.717) is 24.7 Å². The first-order valence-corrected chi connectivity index (χ1v) is 10.6. The molecule has 3 aliphatic heterocycles. The smallest absolute Gasteiger partial charge is 0.230 e. The van der Waals surface area contributed by atoms with Crippen molar-refractivity contribution in [2.24, 2.45) is 11.8 Å². The van der Waals surface area contributed by atoms with E-state index in [1.54, 1.807) is 4.90 Å². The fourth-order valence-electron chi connectivity index (χ4n) is 4.86. The Labute approximate surface area is 180 Å². The average Bonchev–Trinajstić information content (AvgIpc) is 3.37. The van der Waals surface area contributed by atoms with E-state index >= 15 is 0 Å². The quantitative estimate of drug-likeness (QED) is 0.752. The van der Waals surface area contributed by atoms with Crippen LogP contribution in [0.15, 0.2) is 60.7 Å². The maximum absolute atomic E-state index is 13.3. The van der Waals surface area contributed by atoms with Crippen molar-refractivity contribution >= 4 is 23.4 Å². The number of ether oxygens (including phenoxy) is 1.